The fourth-order valence-electron chi connectivity index (χ4n) is 5.80. The second-order valence-corrected chi connectivity index (χ2v) is 9.83. The van der Waals surface area contributed by atoms with Crippen LogP contribution >= 0.6 is 0 Å². The molecule has 186 valence electrons. The number of rotatable bonds is 5. The zero-order valence-corrected chi connectivity index (χ0v) is 20.9. The number of halogens is 1. The highest BCUT2D eigenvalue weighted by Gasteiger charge is 2.31. The Balaban J connectivity index is 1.69. The molecule has 3 aromatic carbocycles. The van der Waals surface area contributed by atoms with Gasteiger partial charge in [-0.05, 0) is 89.8 Å². The van der Waals surface area contributed by atoms with Gasteiger partial charge in [-0.25, -0.2) is 4.39 Å². The molecule has 1 amide bonds. The first kappa shape index (κ1) is 24.0. The Bertz CT molecular complexity index is 1380. The number of amides is 1. The number of carbonyl (C=O) groups is 2. The fourth-order valence-corrected chi connectivity index (χ4v) is 5.80. The Morgan fingerprint density at radius 3 is 2.53 bits per heavy atom. The minimum absolute atomic E-state index is 0.0241. The normalized spacial score (nSPS) is 14.8. The third kappa shape index (κ3) is 4.15. The fraction of sp³-hybridized carbons (Fsp3) is 0.333. The maximum Gasteiger partial charge on any atom is 0.307 e. The predicted molar refractivity (Wildman–Crippen MR) is 136 cm³/mol. The van der Waals surface area contributed by atoms with Crippen LogP contribution in [0.15, 0.2) is 36.4 Å². The van der Waals surface area contributed by atoms with Crippen molar-refractivity contribution in [2.45, 2.75) is 59.5 Å². The molecule has 0 saturated carbocycles. The average molecular weight is 488 g/mol. The van der Waals surface area contributed by atoms with Gasteiger partial charge in [0.2, 0.25) is 5.91 Å². The molecule has 6 heteroatoms. The molecule has 0 aromatic heterocycles. The van der Waals surface area contributed by atoms with Crippen molar-refractivity contribution in [1.82, 2.24) is 4.90 Å². The van der Waals surface area contributed by atoms with Gasteiger partial charge < -0.3 is 14.7 Å². The van der Waals surface area contributed by atoms with Crippen LogP contribution < -0.4 is 4.74 Å². The SMILES string of the molecule is Cc1c(-c2c(C)c3c(c(C)c2CC(=O)O)CC(=O)N(Cc2ccccc2)C3)cc(F)c2c1CCCO2. The van der Waals surface area contributed by atoms with Gasteiger partial charge in [0.15, 0.2) is 11.6 Å². The van der Waals surface area contributed by atoms with Gasteiger partial charge in [0, 0.05) is 18.7 Å². The second-order valence-electron chi connectivity index (χ2n) is 9.83. The van der Waals surface area contributed by atoms with Crippen LogP contribution in [0.4, 0.5) is 4.39 Å². The van der Waals surface area contributed by atoms with E-state index in [1.54, 1.807) is 0 Å². The smallest absolute Gasteiger partial charge is 0.307 e. The van der Waals surface area contributed by atoms with Crippen molar-refractivity contribution in [2.75, 3.05) is 6.61 Å². The van der Waals surface area contributed by atoms with E-state index >= 15 is 4.39 Å². The molecule has 0 spiro atoms. The highest BCUT2D eigenvalue weighted by atomic mass is 19.1. The van der Waals surface area contributed by atoms with Crippen molar-refractivity contribution >= 4 is 11.9 Å². The molecule has 36 heavy (non-hydrogen) atoms. The first-order valence-corrected chi connectivity index (χ1v) is 12.4. The van der Waals surface area contributed by atoms with E-state index in [0.717, 1.165) is 57.3 Å². The summed E-state index contributed by atoms with van der Waals surface area (Å²) in [6.45, 7) is 7.27. The summed E-state index contributed by atoms with van der Waals surface area (Å²) in [5, 5.41) is 9.76. The van der Waals surface area contributed by atoms with Crippen molar-refractivity contribution < 1.29 is 23.8 Å². The van der Waals surface area contributed by atoms with Crippen LogP contribution in [0.2, 0.25) is 0 Å². The molecule has 2 aliphatic rings. The lowest BCUT2D eigenvalue weighted by Crippen LogP contribution is -2.37. The molecular weight excluding hydrogens is 457 g/mol. The van der Waals surface area contributed by atoms with Gasteiger partial charge in [0.05, 0.1) is 19.4 Å². The molecule has 0 radical (unpaired) electrons. The van der Waals surface area contributed by atoms with Crippen LogP contribution in [0.3, 0.4) is 0 Å². The molecule has 0 saturated heterocycles. The number of ether oxygens (including phenoxy) is 1. The number of hydrogen-bond acceptors (Lipinski definition) is 3. The number of benzene rings is 3. The van der Waals surface area contributed by atoms with Crippen molar-refractivity contribution in [3.8, 4) is 16.9 Å². The largest absolute Gasteiger partial charge is 0.490 e. The zero-order chi connectivity index (χ0) is 25.6. The van der Waals surface area contributed by atoms with E-state index in [-0.39, 0.29) is 18.7 Å². The molecule has 2 aliphatic heterocycles. The van der Waals surface area contributed by atoms with Crippen LogP contribution in [-0.4, -0.2) is 28.5 Å². The number of carboxylic acids is 1. The van der Waals surface area contributed by atoms with Crippen molar-refractivity contribution in [3.63, 3.8) is 0 Å². The van der Waals surface area contributed by atoms with E-state index in [1.807, 2.05) is 56.0 Å². The van der Waals surface area contributed by atoms with Crippen LogP contribution in [0.25, 0.3) is 11.1 Å². The van der Waals surface area contributed by atoms with Crippen LogP contribution in [-0.2, 0) is 41.9 Å². The predicted octanol–water partition coefficient (Wildman–Crippen LogP) is 5.45. The van der Waals surface area contributed by atoms with Crippen LogP contribution in [0, 0.1) is 26.6 Å². The maximum absolute atomic E-state index is 15.2. The minimum atomic E-state index is -0.953. The Kier molecular flexibility index (Phi) is 6.29. The summed E-state index contributed by atoms with van der Waals surface area (Å²) >= 11 is 0. The quantitative estimate of drug-likeness (QED) is 0.519. The van der Waals surface area contributed by atoms with Crippen LogP contribution in [0.5, 0.6) is 5.75 Å². The lowest BCUT2D eigenvalue weighted by molar-refractivity contribution is -0.136. The Labute approximate surface area is 210 Å². The van der Waals surface area contributed by atoms with Gasteiger partial charge in [0.25, 0.3) is 0 Å². The summed E-state index contributed by atoms with van der Waals surface area (Å²) in [5.74, 6) is -1.03. The first-order valence-electron chi connectivity index (χ1n) is 12.4. The topological polar surface area (TPSA) is 66.8 Å². The summed E-state index contributed by atoms with van der Waals surface area (Å²) in [7, 11) is 0. The Hall–Kier alpha value is -3.67. The van der Waals surface area contributed by atoms with Crippen LogP contribution in [0.1, 0.15) is 50.9 Å². The number of carbonyl (C=O) groups excluding carboxylic acids is 1. The molecule has 5 nitrogen and oxygen atoms in total. The number of nitrogens with zero attached hydrogens (tertiary/aromatic N) is 1. The summed E-state index contributed by atoms with van der Waals surface area (Å²) in [5.41, 5.74) is 8.63. The second kappa shape index (κ2) is 9.41. The van der Waals surface area contributed by atoms with Gasteiger partial charge in [-0.1, -0.05) is 30.3 Å². The van der Waals surface area contributed by atoms with Crippen molar-refractivity contribution in [1.29, 1.82) is 0 Å². The van der Waals surface area contributed by atoms with Gasteiger partial charge in [-0.15, -0.1) is 0 Å². The highest BCUT2D eigenvalue weighted by molar-refractivity contribution is 5.87. The molecule has 3 aromatic rings. The lowest BCUT2D eigenvalue weighted by Gasteiger charge is -2.34. The molecule has 0 unspecified atom stereocenters. The summed E-state index contributed by atoms with van der Waals surface area (Å²) in [6.07, 6.45) is 1.58. The monoisotopic (exact) mass is 487 g/mol. The molecule has 0 fully saturated rings. The molecule has 1 N–H and O–H groups in total. The van der Waals surface area contributed by atoms with E-state index in [9.17, 15) is 14.7 Å². The number of aliphatic carboxylic acids is 1. The molecule has 2 heterocycles. The molecule has 0 atom stereocenters. The average Bonchev–Trinajstić information content (AvgIpc) is 2.86. The van der Waals surface area contributed by atoms with Crippen molar-refractivity contribution in [3.05, 3.63) is 86.7 Å². The summed E-state index contributed by atoms with van der Waals surface area (Å²) < 4.78 is 20.9. The highest BCUT2D eigenvalue weighted by Crippen LogP contribution is 2.43. The van der Waals surface area contributed by atoms with E-state index in [2.05, 4.69) is 0 Å². The van der Waals surface area contributed by atoms with Crippen molar-refractivity contribution in [2.24, 2.45) is 0 Å². The van der Waals surface area contributed by atoms with E-state index < -0.39 is 11.8 Å². The summed E-state index contributed by atoms with van der Waals surface area (Å²) in [6, 6.07) is 11.4. The Morgan fingerprint density at radius 1 is 1.06 bits per heavy atom. The third-order valence-corrected chi connectivity index (χ3v) is 7.68. The zero-order valence-electron chi connectivity index (χ0n) is 20.9. The van der Waals surface area contributed by atoms with Gasteiger partial charge in [0.1, 0.15) is 0 Å². The lowest BCUT2D eigenvalue weighted by atomic mass is 9.79. The van der Waals surface area contributed by atoms with Gasteiger partial charge in [-0.2, -0.15) is 0 Å². The standard InChI is InChI=1S/C30H30FNO4/c1-17-21-10-7-11-36-30(21)26(31)12-23(17)29-19(3)25-16-32(15-20-8-5-4-6-9-20)27(33)13-22(25)18(2)24(29)14-28(34)35/h4-6,8-9,12H,7,10-11,13-16H2,1-3H3,(H,34,35). The van der Waals surface area contributed by atoms with E-state index in [4.69, 9.17) is 4.74 Å². The number of hydrogen-bond donors (Lipinski definition) is 1. The van der Waals surface area contributed by atoms with Gasteiger partial charge in [-0.3, -0.25) is 9.59 Å². The Morgan fingerprint density at radius 2 is 1.81 bits per heavy atom. The summed E-state index contributed by atoms with van der Waals surface area (Å²) in [4.78, 5) is 26.9. The maximum atomic E-state index is 15.2. The molecule has 5 rings (SSSR count). The number of fused-ring (bicyclic) bond motifs is 2. The van der Waals surface area contributed by atoms with Gasteiger partial charge >= 0.3 is 5.97 Å². The molecule has 0 aliphatic carbocycles. The third-order valence-electron chi connectivity index (χ3n) is 7.68. The molecular formula is C30H30FNO4. The van der Waals surface area contributed by atoms with E-state index in [1.165, 1.54) is 6.07 Å². The van der Waals surface area contributed by atoms with E-state index in [0.29, 0.717) is 36.6 Å². The first-order chi connectivity index (χ1) is 17.3. The number of carboxylic acid groups (broad SMARTS) is 1. The minimum Gasteiger partial charge on any atom is -0.490 e. The molecule has 0 bridgehead atoms.